The molecular weight excluding hydrogens is 206 g/mol. The van der Waals surface area contributed by atoms with Crippen molar-refractivity contribution in [1.29, 1.82) is 0 Å². The van der Waals surface area contributed by atoms with Crippen molar-refractivity contribution in [1.82, 2.24) is 10.3 Å². The third kappa shape index (κ3) is 1.63. The Morgan fingerprint density at radius 3 is 3.19 bits per heavy atom. The second-order valence-electron chi connectivity index (χ2n) is 4.12. The monoisotopic (exact) mass is 219 g/mol. The number of aromatic nitrogens is 1. The van der Waals surface area contributed by atoms with E-state index >= 15 is 0 Å². The SMILES string of the molecule is O=C(NC1COC1)c1cnc2c(c1)CCN2. The minimum Gasteiger partial charge on any atom is -0.377 e. The second kappa shape index (κ2) is 3.75. The topological polar surface area (TPSA) is 63.2 Å². The first-order valence-corrected chi connectivity index (χ1v) is 5.44. The van der Waals surface area contributed by atoms with E-state index in [1.165, 1.54) is 0 Å². The summed E-state index contributed by atoms with van der Waals surface area (Å²) < 4.78 is 5.01. The summed E-state index contributed by atoms with van der Waals surface area (Å²) in [6.45, 7) is 2.14. The molecule has 0 saturated carbocycles. The molecule has 0 radical (unpaired) electrons. The van der Waals surface area contributed by atoms with Crippen LogP contribution in [0.1, 0.15) is 15.9 Å². The maximum atomic E-state index is 11.8. The van der Waals surface area contributed by atoms with Crippen LogP contribution < -0.4 is 10.6 Å². The molecule has 0 atom stereocenters. The van der Waals surface area contributed by atoms with Gasteiger partial charge in [-0.05, 0) is 18.1 Å². The Balaban J connectivity index is 1.75. The summed E-state index contributed by atoms with van der Waals surface area (Å²) in [6.07, 6.45) is 2.56. The van der Waals surface area contributed by atoms with Gasteiger partial charge in [-0.15, -0.1) is 0 Å². The standard InChI is InChI=1S/C11H13N3O2/c15-11(14-9-5-16-6-9)8-3-7-1-2-12-10(7)13-4-8/h3-4,9H,1-2,5-6H2,(H,12,13)(H,14,15). The molecule has 0 bridgehead atoms. The van der Waals surface area contributed by atoms with Crippen LogP contribution in [-0.2, 0) is 11.2 Å². The molecule has 1 aromatic rings. The van der Waals surface area contributed by atoms with Crippen molar-refractivity contribution in [2.45, 2.75) is 12.5 Å². The van der Waals surface area contributed by atoms with E-state index in [1.54, 1.807) is 6.20 Å². The highest BCUT2D eigenvalue weighted by Gasteiger charge is 2.22. The van der Waals surface area contributed by atoms with Crippen LogP contribution in [0.2, 0.25) is 0 Å². The zero-order chi connectivity index (χ0) is 11.0. The largest absolute Gasteiger partial charge is 0.377 e. The van der Waals surface area contributed by atoms with Crippen LogP contribution in [0.25, 0.3) is 0 Å². The molecule has 1 fully saturated rings. The molecule has 1 aromatic heterocycles. The van der Waals surface area contributed by atoms with Gasteiger partial charge in [0.2, 0.25) is 0 Å². The molecule has 5 nitrogen and oxygen atoms in total. The number of hydrogen-bond acceptors (Lipinski definition) is 4. The first-order valence-electron chi connectivity index (χ1n) is 5.44. The molecular formula is C11H13N3O2. The van der Waals surface area contributed by atoms with Crippen molar-refractivity contribution < 1.29 is 9.53 Å². The summed E-state index contributed by atoms with van der Waals surface area (Å²) >= 11 is 0. The van der Waals surface area contributed by atoms with Gasteiger partial charge in [0, 0.05) is 12.7 Å². The number of rotatable bonds is 2. The van der Waals surface area contributed by atoms with Gasteiger partial charge in [-0.1, -0.05) is 0 Å². The quantitative estimate of drug-likeness (QED) is 0.744. The van der Waals surface area contributed by atoms with Crippen molar-refractivity contribution in [3.63, 3.8) is 0 Å². The molecule has 0 aliphatic carbocycles. The smallest absolute Gasteiger partial charge is 0.253 e. The Kier molecular flexibility index (Phi) is 2.25. The van der Waals surface area contributed by atoms with E-state index < -0.39 is 0 Å². The van der Waals surface area contributed by atoms with Crippen molar-refractivity contribution in [3.8, 4) is 0 Å². The van der Waals surface area contributed by atoms with Crippen molar-refractivity contribution in [3.05, 3.63) is 23.4 Å². The Bertz CT molecular complexity index is 429. The van der Waals surface area contributed by atoms with Gasteiger partial charge < -0.3 is 15.4 Å². The van der Waals surface area contributed by atoms with Gasteiger partial charge in [0.15, 0.2) is 0 Å². The lowest BCUT2D eigenvalue weighted by Gasteiger charge is -2.26. The van der Waals surface area contributed by atoms with Crippen LogP contribution in [0.15, 0.2) is 12.3 Å². The van der Waals surface area contributed by atoms with E-state index in [0.29, 0.717) is 18.8 Å². The fourth-order valence-electron chi connectivity index (χ4n) is 1.89. The Labute approximate surface area is 93.2 Å². The number of anilines is 1. The summed E-state index contributed by atoms with van der Waals surface area (Å²) in [5, 5.41) is 6.07. The first kappa shape index (κ1) is 9.59. The third-order valence-electron chi connectivity index (χ3n) is 2.89. The Morgan fingerprint density at radius 1 is 1.56 bits per heavy atom. The van der Waals surface area contributed by atoms with Gasteiger partial charge in [-0.25, -0.2) is 4.98 Å². The molecule has 0 aromatic carbocycles. The lowest BCUT2D eigenvalue weighted by molar-refractivity contribution is -0.00346. The summed E-state index contributed by atoms with van der Waals surface area (Å²) in [6, 6.07) is 2.08. The fourth-order valence-corrected chi connectivity index (χ4v) is 1.89. The number of ether oxygens (including phenoxy) is 1. The predicted octanol–water partition coefficient (Wildman–Crippen LogP) is 0.178. The molecule has 84 valence electrons. The zero-order valence-corrected chi connectivity index (χ0v) is 8.82. The van der Waals surface area contributed by atoms with Crippen LogP contribution in [0.4, 0.5) is 5.82 Å². The Hall–Kier alpha value is -1.62. The molecule has 16 heavy (non-hydrogen) atoms. The van der Waals surface area contributed by atoms with Crippen LogP contribution >= 0.6 is 0 Å². The minimum atomic E-state index is -0.0597. The van der Waals surface area contributed by atoms with Gasteiger partial charge in [-0.3, -0.25) is 4.79 Å². The van der Waals surface area contributed by atoms with Gasteiger partial charge >= 0.3 is 0 Å². The highest BCUT2D eigenvalue weighted by Crippen LogP contribution is 2.19. The lowest BCUT2D eigenvalue weighted by Crippen LogP contribution is -2.48. The number of hydrogen-bond donors (Lipinski definition) is 2. The minimum absolute atomic E-state index is 0.0597. The zero-order valence-electron chi connectivity index (χ0n) is 8.82. The number of pyridine rings is 1. The van der Waals surface area contributed by atoms with Crippen LogP contribution in [0.3, 0.4) is 0 Å². The molecule has 0 unspecified atom stereocenters. The van der Waals surface area contributed by atoms with E-state index in [-0.39, 0.29) is 11.9 Å². The molecule has 2 aliphatic heterocycles. The maximum absolute atomic E-state index is 11.8. The first-order chi connectivity index (χ1) is 7.83. The second-order valence-corrected chi connectivity index (χ2v) is 4.12. The van der Waals surface area contributed by atoms with E-state index in [1.807, 2.05) is 6.07 Å². The van der Waals surface area contributed by atoms with Crippen molar-refractivity contribution in [2.75, 3.05) is 25.1 Å². The lowest BCUT2D eigenvalue weighted by atomic mass is 10.1. The summed E-state index contributed by atoms with van der Waals surface area (Å²) in [7, 11) is 0. The number of carbonyl (C=O) groups is 1. The van der Waals surface area contributed by atoms with Crippen molar-refractivity contribution in [2.24, 2.45) is 0 Å². The average Bonchev–Trinajstić information content (AvgIpc) is 2.69. The maximum Gasteiger partial charge on any atom is 0.253 e. The number of fused-ring (bicyclic) bond motifs is 1. The van der Waals surface area contributed by atoms with Gasteiger partial charge in [0.25, 0.3) is 5.91 Å². The van der Waals surface area contributed by atoms with Gasteiger partial charge in [-0.2, -0.15) is 0 Å². The van der Waals surface area contributed by atoms with Crippen LogP contribution in [0.5, 0.6) is 0 Å². The molecule has 2 aliphatic rings. The molecule has 3 rings (SSSR count). The van der Waals surface area contributed by atoms with E-state index in [0.717, 1.165) is 24.3 Å². The molecule has 2 N–H and O–H groups in total. The number of amides is 1. The summed E-state index contributed by atoms with van der Waals surface area (Å²) in [4.78, 5) is 16.0. The van der Waals surface area contributed by atoms with Crippen molar-refractivity contribution >= 4 is 11.7 Å². The molecule has 5 heteroatoms. The van der Waals surface area contributed by atoms with Gasteiger partial charge in [0.05, 0.1) is 24.8 Å². The number of nitrogens with zero attached hydrogens (tertiary/aromatic N) is 1. The highest BCUT2D eigenvalue weighted by atomic mass is 16.5. The van der Waals surface area contributed by atoms with E-state index in [2.05, 4.69) is 15.6 Å². The molecule has 1 amide bonds. The van der Waals surface area contributed by atoms with Crippen LogP contribution in [-0.4, -0.2) is 36.7 Å². The van der Waals surface area contributed by atoms with Gasteiger partial charge in [0.1, 0.15) is 5.82 Å². The van der Waals surface area contributed by atoms with Crippen LogP contribution in [0, 0.1) is 0 Å². The summed E-state index contributed by atoms with van der Waals surface area (Å²) in [5.74, 6) is 0.846. The predicted molar refractivity (Wildman–Crippen MR) is 58.5 cm³/mol. The van der Waals surface area contributed by atoms with E-state index in [9.17, 15) is 4.79 Å². The number of nitrogens with one attached hydrogen (secondary N) is 2. The third-order valence-corrected chi connectivity index (χ3v) is 2.89. The number of carbonyl (C=O) groups excluding carboxylic acids is 1. The average molecular weight is 219 g/mol. The Morgan fingerprint density at radius 2 is 2.44 bits per heavy atom. The normalized spacial score (nSPS) is 18.5. The fraction of sp³-hybridized carbons (Fsp3) is 0.455. The molecule has 1 saturated heterocycles. The summed E-state index contributed by atoms with van der Waals surface area (Å²) in [5.41, 5.74) is 1.76. The molecule has 0 spiro atoms. The van der Waals surface area contributed by atoms with E-state index in [4.69, 9.17) is 4.74 Å². The highest BCUT2D eigenvalue weighted by molar-refractivity contribution is 5.94. The molecule has 3 heterocycles.